The molecule has 136 valence electrons. The molecule has 0 amide bonds. The Bertz CT molecular complexity index is 760. The number of halogens is 3. The van der Waals surface area contributed by atoms with Crippen LogP contribution < -0.4 is 0 Å². The van der Waals surface area contributed by atoms with Crippen molar-refractivity contribution in [3.05, 3.63) is 35.0 Å². The third kappa shape index (κ3) is 3.25. The van der Waals surface area contributed by atoms with Crippen LogP contribution in [0, 0.1) is 11.6 Å². The van der Waals surface area contributed by atoms with E-state index in [4.69, 9.17) is 21.1 Å². The first-order valence-electron chi connectivity index (χ1n) is 7.47. The quantitative estimate of drug-likeness (QED) is 0.780. The molecule has 2 heterocycles. The van der Waals surface area contributed by atoms with Gasteiger partial charge in [-0.05, 0) is 12.1 Å². The summed E-state index contributed by atoms with van der Waals surface area (Å²) in [6.45, 7) is -0.255. The van der Waals surface area contributed by atoms with Crippen LogP contribution in [0.2, 0.25) is 5.02 Å². The Balaban J connectivity index is 1.96. The zero-order chi connectivity index (χ0) is 18.1. The Morgan fingerprint density at radius 1 is 1.40 bits per heavy atom. The van der Waals surface area contributed by atoms with Crippen LogP contribution in [0.15, 0.2) is 18.3 Å². The van der Waals surface area contributed by atoms with Crippen molar-refractivity contribution in [1.82, 2.24) is 15.0 Å². The first-order chi connectivity index (χ1) is 12.0. The summed E-state index contributed by atoms with van der Waals surface area (Å²) < 4.78 is 39.6. The summed E-state index contributed by atoms with van der Waals surface area (Å²) >= 11 is 5.55. The smallest absolute Gasteiger partial charge is 0.178 e. The van der Waals surface area contributed by atoms with Crippen LogP contribution in [-0.2, 0) is 9.47 Å². The second kappa shape index (κ2) is 7.30. The van der Waals surface area contributed by atoms with Crippen molar-refractivity contribution in [1.29, 1.82) is 0 Å². The van der Waals surface area contributed by atoms with E-state index in [-0.39, 0.29) is 29.5 Å². The van der Waals surface area contributed by atoms with E-state index in [9.17, 15) is 19.0 Å². The summed E-state index contributed by atoms with van der Waals surface area (Å²) in [5.74, 6) is -2.31. The van der Waals surface area contributed by atoms with Gasteiger partial charge in [0, 0.05) is 12.7 Å². The van der Waals surface area contributed by atoms with Gasteiger partial charge in [0.1, 0.15) is 30.0 Å². The highest BCUT2D eigenvalue weighted by molar-refractivity contribution is 6.30. The number of rotatable bonds is 4. The Morgan fingerprint density at radius 2 is 2.16 bits per heavy atom. The van der Waals surface area contributed by atoms with E-state index in [1.54, 1.807) is 0 Å². The predicted octanol–water partition coefficient (Wildman–Crippen LogP) is 1.18. The van der Waals surface area contributed by atoms with E-state index in [0.717, 1.165) is 0 Å². The average Bonchev–Trinajstić information content (AvgIpc) is 3.08. The molecule has 0 radical (unpaired) electrons. The highest BCUT2D eigenvalue weighted by atomic mass is 35.5. The molecule has 1 saturated heterocycles. The summed E-state index contributed by atoms with van der Waals surface area (Å²) in [6, 6.07) is 1.80. The minimum absolute atomic E-state index is 0.0714. The van der Waals surface area contributed by atoms with Crippen molar-refractivity contribution >= 4 is 11.6 Å². The fraction of sp³-hybridized carbons (Fsp3) is 0.467. The molecule has 4 atom stereocenters. The molecule has 0 saturated carbocycles. The molecule has 0 bridgehead atoms. The van der Waals surface area contributed by atoms with Gasteiger partial charge in [0.05, 0.1) is 24.4 Å². The monoisotopic (exact) mass is 375 g/mol. The molecule has 4 unspecified atom stereocenters. The standard InChI is InChI=1S/C15H16ClF2N3O4/c1-24-11-6-25-10(5-22)15(23)14(11)21-4-9(19-20-21)7-2-3-8(16)13(18)12(7)17/h2-4,10-11,14-15,22-23H,5-6H2,1H3. The van der Waals surface area contributed by atoms with Crippen molar-refractivity contribution in [2.75, 3.05) is 20.3 Å². The van der Waals surface area contributed by atoms with Crippen molar-refractivity contribution in [2.24, 2.45) is 0 Å². The molecule has 25 heavy (non-hydrogen) atoms. The van der Waals surface area contributed by atoms with Gasteiger partial charge in [-0.25, -0.2) is 13.5 Å². The maximum Gasteiger partial charge on any atom is 0.178 e. The lowest BCUT2D eigenvalue weighted by atomic mass is 9.97. The molecule has 10 heteroatoms. The lowest BCUT2D eigenvalue weighted by Crippen LogP contribution is -2.52. The summed E-state index contributed by atoms with van der Waals surface area (Å²) in [7, 11) is 1.44. The minimum atomic E-state index is -1.17. The van der Waals surface area contributed by atoms with Crippen LogP contribution >= 0.6 is 11.6 Å². The van der Waals surface area contributed by atoms with Gasteiger partial charge in [-0.2, -0.15) is 0 Å². The number of hydrogen-bond donors (Lipinski definition) is 2. The van der Waals surface area contributed by atoms with E-state index in [1.165, 1.54) is 30.1 Å². The fourth-order valence-electron chi connectivity index (χ4n) is 2.82. The Hall–Kier alpha value is -1.65. The molecule has 0 spiro atoms. The molecule has 1 fully saturated rings. The number of aromatic nitrogens is 3. The molecular weight excluding hydrogens is 360 g/mol. The maximum absolute atomic E-state index is 14.1. The largest absolute Gasteiger partial charge is 0.394 e. The van der Waals surface area contributed by atoms with Gasteiger partial charge in [0.2, 0.25) is 0 Å². The van der Waals surface area contributed by atoms with Crippen molar-refractivity contribution in [3.8, 4) is 11.3 Å². The molecule has 1 aliphatic rings. The first-order valence-corrected chi connectivity index (χ1v) is 7.84. The summed E-state index contributed by atoms with van der Waals surface area (Å²) in [6.07, 6.45) is -1.12. The van der Waals surface area contributed by atoms with Crippen molar-refractivity contribution in [3.63, 3.8) is 0 Å². The molecule has 7 nitrogen and oxygen atoms in total. The maximum atomic E-state index is 14.1. The SMILES string of the molecule is COC1COC(CO)C(O)C1n1cc(-c2ccc(Cl)c(F)c2F)nn1. The van der Waals surface area contributed by atoms with Crippen LogP contribution in [0.4, 0.5) is 8.78 Å². The van der Waals surface area contributed by atoms with E-state index in [1.807, 2.05) is 0 Å². The Labute approximate surface area is 146 Å². The van der Waals surface area contributed by atoms with Crippen LogP contribution in [0.5, 0.6) is 0 Å². The number of aliphatic hydroxyl groups excluding tert-OH is 2. The fourth-order valence-corrected chi connectivity index (χ4v) is 2.97. The second-order valence-corrected chi connectivity index (χ2v) is 6.02. The number of methoxy groups -OCH3 is 1. The van der Waals surface area contributed by atoms with Gasteiger partial charge < -0.3 is 19.7 Å². The average molecular weight is 376 g/mol. The van der Waals surface area contributed by atoms with Gasteiger partial charge in [0.15, 0.2) is 11.6 Å². The molecule has 1 aromatic heterocycles. The topological polar surface area (TPSA) is 89.6 Å². The third-order valence-corrected chi connectivity index (χ3v) is 4.49. The van der Waals surface area contributed by atoms with Gasteiger partial charge in [0.25, 0.3) is 0 Å². The number of ether oxygens (including phenoxy) is 2. The van der Waals surface area contributed by atoms with Gasteiger partial charge >= 0.3 is 0 Å². The second-order valence-electron chi connectivity index (χ2n) is 5.62. The van der Waals surface area contributed by atoms with Crippen LogP contribution in [0.1, 0.15) is 6.04 Å². The zero-order valence-electron chi connectivity index (χ0n) is 13.1. The Kier molecular flexibility index (Phi) is 5.30. The zero-order valence-corrected chi connectivity index (χ0v) is 13.9. The Morgan fingerprint density at radius 3 is 2.84 bits per heavy atom. The predicted molar refractivity (Wildman–Crippen MR) is 83.1 cm³/mol. The van der Waals surface area contributed by atoms with Crippen molar-refractivity contribution in [2.45, 2.75) is 24.4 Å². The lowest BCUT2D eigenvalue weighted by molar-refractivity contribution is -0.174. The highest BCUT2D eigenvalue weighted by Gasteiger charge is 2.41. The molecule has 0 aliphatic carbocycles. The van der Waals surface area contributed by atoms with Gasteiger partial charge in [-0.3, -0.25) is 0 Å². The summed E-state index contributed by atoms with van der Waals surface area (Å²) in [5, 5.41) is 27.1. The molecular formula is C15H16ClF2N3O4. The lowest BCUT2D eigenvalue weighted by Gasteiger charge is -2.38. The van der Waals surface area contributed by atoms with Crippen LogP contribution in [0.25, 0.3) is 11.3 Å². The van der Waals surface area contributed by atoms with Crippen molar-refractivity contribution < 1.29 is 28.5 Å². The summed E-state index contributed by atoms with van der Waals surface area (Å²) in [5.41, 5.74) is -0.0375. The number of benzene rings is 1. The summed E-state index contributed by atoms with van der Waals surface area (Å²) in [4.78, 5) is 0. The van der Waals surface area contributed by atoms with E-state index in [2.05, 4.69) is 10.3 Å². The number of aliphatic hydroxyl groups is 2. The van der Waals surface area contributed by atoms with E-state index in [0.29, 0.717) is 0 Å². The van der Waals surface area contributed by atoms with Crippen LogP contribution in [0.3, 0.4) is 0 Å². The highest BCUT2D eigenvalue weighted by Crippen LogP contribution is 2.31. The van der Waals surface area contributed by atoms with Gasteiger partial charge in [-0.15, -0.1) is 5.10 Å². The number of nitrogens with zero attached hydrogens (tertiary/aromatic N) is 3. The van der Waals surface area contributed by atoms with Crippen LogP contribution in [-0.4, -0.2) is 63.8 Å². The number of hydrogen-bond acceptors (Lipinski definition) is 6. The molecule has 2 aromatic rings. The van der Waals surface area contributed by atoms with Gasteiger partial charge in [-0.1, -0.05) is 16.8 Å². The molecule has 2 N–H and O–H groups in total. The third-order valence-electron chi connectivity index (χ3n) is 4.20. The van der Waals surface area contributed by atoms with E-state index >= 15 is 0 Å². The molecule has 1 aliphatic heterocycles. The molecule has 1 aromatic carbocycles. The normalized spacial score (nSPS) is 26.8. The first kappa shape index (κ1) is 18.2. The minimum Gasteiger partial charge on any atom is -0.394 e. The molecule has 3 rings (SSSR count). The van der Waals surface area contributed by atoms with E-state index < -0.39 is 36.0 Å².